The molecular formula is C7H9N2. The highest BCUT2D eigenvalue weighted by Gasteiger charge is 2.14. The summed E-state index contributed by atoms with van der Waals surface area (Å²) in [4.78, 5) is 0. The molecule has 9 heavy (non-hydrogen) atoms. The Hall–Kier alpha value is -0.760. The van der Waals surface area contributed by atoms with E-state index in [9.17, 15) is 0 Å². The minimum atomic E-state index is 0.972. The van der Waals surface area contributed by atoms with Gasteiger partial charge in [0.25, 0.3) is 0 Å². The van der Waals surface area contributed by atoms with E-state index < -0.39 is 0 Å². The molecule has 2 rings (SSSR count). The zero-order chi connectivity index (χ0) is 6.10. The third kappa shape index (κ3) is 0.754. The minimum Gasteiger partial charge on any atom is -0.210 e. The van der Waals surface area contributed by atoms with Crippen LogP contribution in [-0.2, 0) is 0 Å². The van der Waals surface area contributed by atoms with E-state index in [4.69, 9.17) is 0 Å². The summed E-state index contributed by atoms with van der Waals surface area (Å²) in [5.41, 5.74) is 9.84. The maximum Gasteiger partial charge on any atom is 0.0594 e. The van der Waals surface area contributed by atoms with Gasteiger partial charge in [0.15, 0.2) is 0 Å². The van der Waals surface area contributed by atoms with Crippen LogP contribution in [0.15, 0.2) is 23.4 Å². The average molecular weight is 121 g/mol. The van der Waals surface area contributed by atoms with Crippen molar-refractivity contribution < 1.29 is 0 Å². The Morgan fingerprint density at radius 3 is 3.11 bits per heavy atom. The Morgan fingerprint density at radius 1 is 1.33 bits per heavy atom. The van der Waals surface area contributed by atoms with Crippen molar-refractivity contribution in [3.63, 3.8) is 0 Å². The van der Waals surface area contributed by atoms with Crippen LogP contribution in [0.2, 0.25) is 0 Å². The monoisotopic (exact) mass is 121 g/mol. The largest absolute Gasteiger partial charge is 0.210 e. The van der Waals surface area contributed by atoms with E-state index in [-0.39, 0.29) is 0 Å². The van der Waals surface area contributed by atoms with Gasteiger partial charge in [0.05, 0.1) is 5.70 Å². The molecule has 47 valence electrons. The highest BCUT2D eigenvalue weighted by Crippen LogP contribution is 2.19. The molecule has 0 unspecified atom stereocenters. The maximum atomic E-state index is 4.14. The Labute approximate surface area is 54.6 Å². The Balaban J connectivity index is 2.21. The average Bonchev–Trinajstić information content (AvgIpc) is 2.33. The fraction of sp³-hybridized carbons (Fsp3) is 0.429. The second kappa shape index (κ2) is 1.88. The van der Waals surface area contributed by atoms with E-state index >= 15 is 0 Å². The molecule has 0 saturated heterocycles. The number of nitrogens with one attached hydrogen (secondary N) is 1. The fourth-order valence-corrected chi connectivity index (χ4v) is 1.21. The molecule has 0 aromatic carbocycles. The summed E-state index contributed by atoms with van der Waals surface area (Å²) in [5.74, 6) is 0. The van der Waals surface area contributed by atoms with Gasteiger partial charge in [0, 0.05) is 13.0 Å². The zero-order valence-electron chi connectivity index (χ0n) is 5.22. The minimum absolute atomic E-state index is 0.972. The Morgan fingerprint density at radius 2 is 2.22 bits per heavy atom. The van der Waals surface area contributed by atoms with Gasteiger partial charge in [-0.3, -0.25) is 0 Å². The highest BCUT2D eigenvalue weighted by atomic mass is 15.4. The van der Waals surface area contributed by atoms with E-state index in [1.807, 2.05) is 0 Å². The zero-order valence-corrected chi connectivity index (χ0v) is 5.22. The molecule has 2 aliphatic rings. The molecule has 0 saturated carbocycles. The van der Waals surface area contributed by atoms with Crippen LogP contribution in [0.5, 0.6) is 0 Å². The first-order valence-electron chi connectivity index (χ1n) is 3.26. The van der Waals surface area contributed by atoms with Gasteiger partial charge < -0.3 is 0 Å². The third-order valence-corrected chi connectivity index (χ3v) is 1.76. The van der Waals surface area contributed by atoms with Crippen LogP contribution in [0.4, 0.5) is 0 Å². The first-order chi connectivity index (χ1) is 4.47. The summed E-state index contributed by atoms with van der Waals surface area (Å²) in [5, 5.41) is 0. The van der Waals surface area contributed by atoms with Crippen LogP contribution in [0.25, 0.3) is 0 Å². The molecule has 0 spiro atoms. The van der Waals surface area contributed by atoms with Gasteiger partial charge in [0.1, 0.15) is 0 Å². The SMILES string of the molecule is C1=CCC2=C(C1)CN[N]2. The lowest BCUT2D eigenvalue weighted by Gasteiger charge is -2.03. The van der Waals surface area contributed by atoms with Crippen molar-refractivity contribution in [3.05, 3.63) is 23.4 Å². The van der Waals surface area contributed by atoms with Gasteiger partial charge in [-0.2, -0.15) is 0 Å². The lowest BCUT2D eigenvalue weighted by molar-refractivity contribution is 0.674. The molecule has 0 bridgehead atoms. The molecule has 0 fully saturated rings. The van der Waals surface area contributed by atoms with Gasteiger partial charge in [-0.15, -0.1) is 0 Å². The molecular weight excluding hydrogens is 112 g/mol. The van der Waals surface area contributed by atoms with Crippen molar-refractivity contribution >= 4 is 0 Å². The molecule has 2 nitrogen and oxygen atoms in total. The predicted molar refractivity (Wildman–Crippen MR) is 35.5 cm³/mol. The molecule has 0 aromatic rings. The van der Waals surface area contributed by atoms with E-state index in [0.29, 0.717) is 0 Å². The van der Waals surface area contributed by atoms with E-state index in [1.54, 1.807) is 0 Å². The van der Waals surface area contributed by atoms with Crippen LogP contribution in [0, 0.1) is 0 Å². The number of hydrogen-bond acceptors (Lipinski definition) is 1. The molecule has 0 amide bonds. The lowest BCUT2D eigenvalue weighted by atomic mass is 10.0. The number of rotatable bonds is 0. The van der Waals surface area contributed by atoms with Crippen molar-refractivity contribution in [1.82, 2.24) is 10.9 Å². The van der Waals surface area contributed by atoms with E-state index in [1.165, 1.54) is 11.3 Å². The first kappa shape index (κ1) is 5.06. The summed E-state index contributed by atoms with van der Waals surface area (Å²) in [6, 6.07) is 0. The van der Waals surface area contributed by atoms with Gasteiger partial charge in [-0.1, -0.05) is 12.2 Å². The van der Waals surface area contributed by atoms with Crippen LogP contribution < -0.4 is 10.9 Å². The Kier molecular flexibility index (Phi) is 1.06. The van der Waals surface area contributed by atoms with E-state index in [2.05, 4.69) is 23.0 Å². The second-order valence-corrected chi connectivity index (χ2v) is 2.38. The van der Waals surface area contributed by atoms with Crippen LogP contribution in [0.1, 0.15) is 12.8 Å². The van der Waals surface area contributed by atoms with Crippen molar-refractivity contribution in [3.8, 4) is 0 Å². The van der Waals surface area contributed by atoms with Crippen LogP contribution in [-0.4, -0.2) is 6.54 Å². The Bertz CT molecular complexity index is 161. The summed E-state index contributed by atoms with van der Waals surface area (Å²) < 4.78 is 0. The molecule has 1 N–H and O–H groups in total. The summed E-state index contributed by atoms with van der Waals surface area (Å²) in [6.07, 6.45) is 6.52. The molecule has 2 heteroatoms. The summed E-state index contributed by atoms with van der Waals surface area (Å²) >= 11 is 0. The molecule has 1 aliphatic carbocycles. The molecule has 1 radical (unpaired) electrons. The number of hydrogen-bond donors (Lipinski definition) is 1. The molecule has 0 atom stereocenters. The van der Waals surface area contributed by atoms with Crippen molar-refractivity contribution in [1.29, 1.82) is 0 Å². The third-order valence-electron chi connectivity index (χ3n) is 1.76. The van der Waals surface area contributed by atoms with Crippen molar-refractivity contribution in [2.24, 2.45) is 0 Å². The van der Waals surface area contributed by atoms with Gasteiger partial charge in [-0.05, 0) is 12.0 Å². The smallest absolute Gasteiger partial charge is 0.0594 e. The quantitative estimate of drug-likeness (QED) is 0.469. The highest BCUT2D eigenvalue weighted by molar-refractivity contribution is 5.26. The molecule has 0 aromatic heterocycles. The standard InChI is InChI=1S/C7H9N2/c1-2-4-7-6(3-1)5-8-9-7/h1-2,8H,3-5H2. The van der Waals surface area contributed by atoms with Gasteiger partial charge >= 0.3 is 0 Å². The fourth-order valence-electron chi connectivity index (χ4n) is 1.21. The van der Waals surface area contributed by atoms with Crippen LogP contribution in [0.3, 0.4) is 0 Å². The van der Waals surface area contributed by atoms with Gasteiger partial charge in [0.2, 0.25) is 0 Å². The number of nitrogens with zero attached hydrogens (tertiary/aromatic N) is 1. The van der Waals surface area contributed by atoms with Gasteiger partial charge in [-0.25, -0.2) is 10.9 Å². The normalized spacial score (nSPS) is 24.0. The van der Waals surface area contributed by atoms with E-state index in [0.717, 1.165) is 19.4 Å². The lowest BCUT2D eigenvalue weighted by Crippen LogP contribution is -2.15. The summed E-state index contributed by atoms with van der Waals surface area (Å²) in [6.45, 7) is 0.972. The maximum absolute atomic E-state index is 4.14. The van der Waals surface area contributed by atoms with Crippen molar-refractivity contribution in [2.75, 3.05) is 6.54 Å². The summed E-state index contributed by atoms with van der Waals surface area (Å²) in [7, 11) is 0. The molecule has 1 heterocycles. The predicted octanol–water partition coefficient (Wildman–Crippen LogP) is 0.713. The van der Waals surface area contributed by atoms with Crippen LogP contribution >= 0.6 is 0 Å². The number of allylic oxidation sites excluding steroid dienone is 2. The first-order valence-corrected chi connectivity index (χ1v) is 3.26. The second-order valence-electron chi connectivity index (χ2n) is 2.38. The molecule has 1 aliphatic heterocycles. The topological polar surface area (TPSA) is 26.1 Å². The van der Waals surface area contributed by atoms with Crippen molar-refractivity contribution in [2.45, 2.75) is 12.8 Å².